The molecule has 3 amide bonds. The first-order chi connectivity index (χ1) is 20.2. The molecule has 218 valence electrons. The molecule has 2 unspecified atom stereocenters. The number of aliphatic carboxylic acids is 1. The molecule has 3 aliphatic rings. The zero-order valence-corrected chi connectivity index (χ0v) is 24.0. The summed E-state index contributed by atoms with van der Waals surface area (Å²) in [7, 11) is 0. The van der Waals surface area contributed by atoms with Crippen LogP contribution in [0.5, 0.6) is 0 Å². The predicted molar refractivity (Wildman–Crippen MR) is 156 cm³/mol. The van der Waals surface area contributed by atoms with Crippen molar-refractivity contribution in [2.24, 2.45) is 5.92 Å². The lowest BCUT2D eigenvalue weighted by molar-refractivity contribution is -0.154. The van der Waals surface area contributed by atoms with Crippen molar-refractivity contribution >= 4 is 52.6 Å². The second-order valence-corrected chi connectivity index (χ2v) is 11.4. The molecular weight excluding hydrogens is 581 g/mol. The van der Waals surface area contributed by atoms with Gasteiger partial charge in [0, 0.05) is 42.4 Å². The molecule has 3 N–H and O–H groups in total. The van der Waals surface area contributed by atoms with E-state index in [0.29, 0.717) is 16.9 Å². The highest BCUT2D eigenvalue weighted by molar-refractivity contribution is 6.40. The van der Waals surface area contributed by atoms with Gasteiger partial charge in [-0.2, -0.15) is 0 Å². The fourth-order valence-corrected chi connectivity index (χ4v) is 6.37. The van der Waals surface area contributed by atoms with Crippen LogP contribution in [0.1, 0.15) is 47.3 Å². The Kier molecular flexibility index (Phi) is 9.03. The van der Waals surface area contributed by atoms with Crippen molar-refractivity contribution in [1.82, 2.24) is 20.2 Å². The fourth-order valence-electron chi connectivity index (χ4n) is 5.84. The summed E-state index contributed by atoms with van der Waals surface area (Å²) in [6.07, 6.45) is 7.64. The van der Waals surface area contributed by atoms with Gasteiger partial charge in [-0.25, -0.2) is 4.79 Å². The number of rotatable bonds is 9. The van der Waals surface area contributed by atoms with Crippen LogP contribution in [0.4, 0.5) is 5.69 Å². The SMILES string of the molecule is O=C(Nc1ccc(CC(NC(=O)C2C3CCC(CC3)N2C(=O)Cc2ccccn2)C(=O)O)cc1)c1c(Cl)cncc1Cl. The lowest BCUT2D eigenvalue weighted by Gasteiger charge is -2.50. The summed E-state index contributed by atoms with van der Waals surface area (Å²) in [5, 5.41) is 15.6. The number of amides is 3. The molecule has 2 atom stereocenters. The number of carboxylic acids is 1. The van der Waals surface area contributed by atoms with Gasteiger partial charge in [0.15, 0.2) is 0 Å². The fraction of sp³-hybridized carbons (Fsp3) is 0.333. The number of carbonyl (C=O) groups is 4. The van der Waals surface area contributed by atoms with E-state index in [9.17, 15) is 24.3 Å². The minimum Gasteiger partial charge on any atom is -0.480 e. The highest BCUT2D eigenvalue weighted by Gasteiger charge is 2.48. The molecule has 1 aliphatic carbocycles. The number of nitrogens with zero attached hydrogens (tertiary/aromatic N) is 3. The maximum absolute atomic E-state index is 13.6. The molecule has 10 nitrogen and oxygen atoms in total. The summed E-state index contributed by atoms with van der Waals surface area (Å²) in [5.41, 5.74) is 1.80. The summed E-state index contributed by atoms with van der Waals surface area (Å²) >= 11 is 12.1. The summed E-state index contributed by atoms with van der Waals surface area (Å²) in [6, 6.07) is 9.95. The summed E-state index contributed by atoms with van der Waals surface area (Å²) in [4.78, 5) is 61.5. The van der Waals surface area contributed by atoms with Gasteiger partial charge in [0.25, 0.3) is 5.91 Å². The van der Waals surface area contributed by atoms with E-state index in [1.54, 1.807) is 47.5 Å². The van der Waals surface area contributed by atoms with Crippen LogP contribution in [-0.4, -0.2) is 61.8 Å². The Morgan fingerprint density at radius 1 is 0.976 bits per heavy atom. The quantitative estimate of drug-likeness (QED) is 0.331. The monoisotopic (exact) mass is 609 g/mol. The lowest BCUT2D eigenvalue weighted by atomic mass is 9.74. The van der Waals surface area contributed by atoms with Crippen molar-refractivity contribution in [3.63, 3.8) is 0 Å². The van der Waals surface area contributed by atoms with Gasteiger partial charge in [0.2, 0.25) is 11.8 Å². The molecule has 4 heterocycles. The van der Waals surface area contributed by atoms with Crippen molar-refractivity contribution in [1.29, 1.82) is 0 Å². The van der Waals surface area contributed by atoms with E-state index in [0.717, 1.165) is 25.7 Å². The number of fused-ring (bicyclic) bond motifs is 3. The van der Waals surface area contributed by atoms with E-state index in [4.69, 9.17) is 23.2 Å². The van der Waals surface area contributed by atoms with E-state index in [2.05, 4.69) is 20.6 Å². The van der Waals surface area contributed by atoms with Gasteiger partial charge >= 0.3 is 5.97 Å². The Hall–Kier alpha value is -4.02. The second-order valence-electron chi connectivity index (χ2n) is 10.5. The zero-order valence-electron chi connectivity index (χ0n) is 22.5. The van der Waals surface area contributed by atoms with Crippen LogP contribution in [0.15, 0.2) is 61.1 Å². The molecule has 1 saturated carbocycles. The van der Waals surface area contributed by atoms with Crippen LogP contribution in [0.3, 0.4) is 0 Å². The Bertz CT molecular complexity index is 1460. The molecule has 2 aliphatic heterocycles. The van der Waals surface area contributed by atoms with Crippen molar-refractivity contribution in [3.8, 4) is 0 Å². The highest BCUT2D eigenvalue weighted by Crippen LogP contribution is 2.40. The third-order valence-electron chi connectivity index (χ3n) is 7.84. The first kappa shape index (κ1) is 29.5. The van der Waals surface area contributed by atoms with Gasteiger partial charge < -0.3 is 20.6 Å². The number of hydrogen-bond acceptors (Lipinski definition) is 6. The number of carboxylic acid groups (broad SMARTS) is 1. The van der Waals surface area contributed by atoms with Gasteiger partial charge in [-0.15, -0.1) is 0 Å². The minimum absolute atomic E-state index is 0.0139. The molecule has 42 heavy (non-hydrogen) atoms. The van der Waals surface area contributed by atoms with Gasteiger partial charge in [-0.3, -0.25) is 24.4 Å². The molecule has 12 heteroatoms. The van der Waals surface area contributed by atoms with Gasteiger partial charge in [0.1, 0.15) is 12.1 Å². The number of nitrogens with one attached hydrogen (secondary N) is 2. The largest absolute Gasteiger partial charge is 0.480 e. The molecule has 3 fully saturated rings. The van der Waals surface area contributed by atoms with E-state index in [-0.39, 0.29) is 46.3 Å². The van der Waals surface area contributed by atoms with Crippen molar-refractivity contribution in [2.75, 3.05) is 5.32 Å². The molecule has 2 aromatic heterocycles. The van der Waals surface area contributed by atoms with Crippen LogP contribution in [0, 0.1) is 5.92 Å². The Balaban J connectivity index is 1.25. The number of anilines is 1. The van der Waals surface area contributed by atoms with E-state index in [1.165, 1.54) is 12.4 Å². The highest BCUT2D eigenvalue weighted by atomic mass is 35.5. The smallest absolute Gasteiger partial charge is 0.326 e. The second kappa shape index (κ2) is 12.9. The van der Waals surface area contributed by atoms with Crippen LogP contribution in [0.25, 0.3) is 0 Å². The number of halogens is 2. The lowest BCUT2D eigenvalue weighted by Crippen LogP contribution is -2.64. The number of aromatic nitrogens is 2. The number of hydrogen-bond donors (Lipinski definition) is 3. The molecule has 6 rings (SSSR count). The van der Waals surface area contributed by atoms with E-state index in [1.807, 2.05) is 6.07 Å². The van der Waals surface area contributed by atoms with Gasteiger partial charge in [-0.1, -0.05) is 41.4 Å². The molecule has 3 aromatic rings. The van der Waals surface area contributed by atoms with Crippen molar-refractivity contribution in [3.05, 3.63) is 87.9 Å². The van der Waals surface area contributed by atoms with Gasteiger partial charge in [-0.05, 0) is 61.4 Å². The van der Waals surface area contributed by atoms with Crippen molar-refractivity contribution < 1.29 is 24.3 Å². The first-order valence-corrected chi connectivity index (χ1v) is 14.4. The Morgan fingerprint density at radius 3 is 2.29 bits per heavy atom. The average molecular weight is 610 g/mol. The first-order valence-electron chi connectivity index (χ1n) is 13.6. The number of carbonyl (C=O) groups excluding carboxylic acids is 3. The van der Waals surface area contributed by atoms with E-state index >= 15 is 0 Å². The Labute approximate surface area is 252 Å². The minimum atomic E-state index is -1.21. The Morgan fingerprint density at radius 2 is 1.67 bits per heavy atom. The van der Waals surface area contributed by atoms with Crippen molar-refractivity contribution in [2.45, 2.75) is 56.7 Å². The number of benzene rings is 1. The van der Waals surface area contributed by atoms with Crippen LogP contribution >= 0.6 is 23.2 Å². The van der Waals surface area contributed by atoms with Gasteiger partial charge in [0.05, 0.1) is 22.0 Å². The summed E-state index contributed by atoms with van der Waals surface area (Å²) in [5.74, 6) is -2.36. The molecule has 1 aromatic carbocycles. The topological polar surface area (TPSA) is 142 Å². The molecule has 0 radical (unpaired) electrons. The third-order valence-corrected chi connectivity index (χ3v) is 8.42. The molecule has 2 saturated heterocycles. The maximum Gasteiger partial charge on any atom is 0.326 e. The maximum atomic E-state index is 13.6. The number of pyridine rings is 2. The number of piperidine rings is 2. The predicted octanol–water partition coefficient (Wildman–Crippen LogP) is 4.16. The van der Waals surface area contributed by atoms with E-state index < -0.39 is 29.9 Å². The zero-order chi connectivity index (χ0) is 29.8. The standard InChI is InChI=1S/C30H29Cl2N5O5/c31-22-15-33-16-23(32)26(22)28(39)35-19-8-4-17(5-9-19)13-24(30(41)42)36-29(40)27-18-6-10-21(11-7-18)37(27)25(38)14-20-3-1-2-12-34-20/h1-5,8-9,12,15-16,18,21,24,27H,6-7,10-11,13-14H2,(H,35,39)(H,36,40)(H,41,42). The average Bonchev–Trinajstić information content (AvgIpc) is 2.98. The van der Waals surface area contributed by atoms with Crippen LogP contribution < -0.4 is 10.6 Å². The molecule has 2 bridgehead atoms. The third kappa shape index (κ3) is 6.55. The molecule has 0 spiro atoms. The molecular formula is C30H29Cl2N5O5. The summed E-state index contributed by atoms with van der Waals surface area (Å²) in [6.45, 7) is 0. The summed E-state index contributed by atoms with van der Waals surface area (Å²) < 4.78 is 0. The normalized spacial score (nSPS) is 20.0. The van der Waals surface area contributed by atoms with Crippen LogP contribution in [0.2, 0.25) is 10.0 Å². The van der Waals surface area contributed by atoms with Crippen LogP contribution in [-0.2, 0) is 27.2 Å².